The van der Waals surface area contributed by atoms with E-state index in [1.165, 1.54) is 11.6 Å². The van der Waals surface area contributed by atoms with Crippen molar-refractivity contribution in [1.82, 2.24) is 0 Å². The number of hydrogen-bond acceptors (Lipinski definition) is 4. The molecular weight excluding hydrogens is 564 g/mol. The Labute approximate surface area is 271 Å². The largest absolute Gasteiger partial charge is 0.463 e. The molecular formula is C42H36N2O2. The fourth-order valence-corrected chi connectivity index (χ4v) is 5.55. The van der Waals surface area contributed by atoms with E-state index in [4.69, 9.17) is 4.74 Å². The van der Waals surface area contributed by atoms with Crippen molar-refractivity contribution in [2.45, 2.75) is 12.8 Å². The van der Waals surface area contributed by atoms with Gasteiger partial charge in [0.15, 0.2) is 0 Å². The van der Waals surface area contributed by atoms with Gasteiger partial charge in [-0.05, 0) is 102 Å². The second kappa shape index (κ2) is 14.7. The number of anilines is 6. The van der Waals surface area contributed by atoms with Crippen LogP contribution in [0.25, 0.3) is 11.1 Å². The zero-order valence-corrected chi connectivity index (χ0v) is 25.7. The first-order valence-electron chi connectivity index (χ1n) is 15.5. The average molecular weight is 601 g/mol. The fraction of sp³-hybridized carbons (Fsp3) is 0.0714. The zero-order chi connectivity index (χ0) is 31.6. The van der Waals surface area contributed by atoms with Crippen LogP contribution < -0.4 is 9.80 Å². The molecule has 0 heterocycles. The molecule has 0 bridgehead atoms. The number of benzene rings is 6. The molecule has 4 nitrogen and oxygen atoms in total. The maximum Gasteiger partial charge on any atom is 0.330 e. The second-order valence-electron chi connectivity index (χ2n) is 10.9. The van der Waals surface area contributed by atoms with Gasteiger partial charge in [0.25, 0.3) is 0 Å². The van der Waals surface area contributed by atoms with Crippen molar-refractivity contribution in [3.63, 3.8) is 0 Å². The molecule has 6 aromatic carbocycles. The van der Waals surface area contributed by atoms with Crippen LogP contribution in [0.2, 0.25) is 0 Å². The highest BCUT2D eigenvalue weighted by molar-refractivity contribution is 5.81. The van der Waals surface area contributed by atoms with Crippen LogP contribution in [0.1, 0.15) is 12.0 Å². The van der Waals surface area contributed by atoms with Crippen molar-refractivity contribution in [3.05, 3.63) is 182 Å². The predicted molar refractivity (Wildman–Crippen MR) is 191 cm³/mol. The maximum atomic E-state index is 11.3. The molecule has 4 heteroatoms. The molecule has 0 N–H and O–H groups in total. The Morgan fingerprint density at radius 1 is 0.500 bits per heavy atom. The summed E-state index contributed by atoms with van der Waals surface area (Å²) >= 11 is 0. The molecule has 0 aliphatic heterocycles. The molecule has 0 aromatic heterocycles. The smallest absolute Gasteiger partial charge is 0.330 e. The van der Waals surface area contributed by atoms with Crippen LogP contribution in [0.5, 0.6) is 0 Å². The van der Waals surface area contributed by atoms with E-state index in [1.54, 1.807) is 0 Å². The lowest BCUT2D eigenvalue weighted by Crippen LogP contribution is -2.10. The second-order valence-corrected chi connectivity index (χ2v) is 10.9. The van der Waals surface area contributed by atoms with Gasteiger partial charge in [-0.2, -0.15) is 0 Å². The molecule has 46 heavy (non-hydrogen) atoms. The van der Waals surface area contributed by atoms with E-state index in [0.717, 1.165) is 58.1 Å². The van der Waals surface area contributed by atoms with Crippen LogP contribution in [0.15, 0.2) is 176 Å². The van der Waals surface area contributed by atoms with E-state index >= 15 is 0 Å². The standard InChI is InChI=1S/C42H36N2O2/c1-2-42(45)46-32-12-13-33-20-26-39(27-21-33)44(38-18-10-5-11-19-38)41-30-24-35(25-31-41)34-22-28-40(29-23-34)43(36-14-6-3-7-15-36)37-16-8-4-9-17-37/h2-11,14-31H,1,12-13,32H2. The number of ether oxygens (including phenoxy) is 1. The number of hydrogen-bond donors (Lipinski definition) is 0. The van der Waals surface area contributed by atoms with Crippen molar-refractivity contribution >= 4 is 40.1 Å². The summed E-state index contributed by atoms with van der Waals surface area (Å²) in [6, 6.07) is 57.4. The summed E-state index contributed by atoms with van der Waals surface area (Å²) in [5, 5.41) is 0. The minimum absolute atomic E-state index is 0.380. The summed E-state index contributed by atoms with van der Waals surface area (Å²) in [4.78, 5) is 15.8. The van der Waals surface area contributed by atoms with E-state index < -0.39 is 0 Å². The van der Waals surface area contributed by atoms with Gasteiger partial charge in [0.2, 0.25) is 0 Å². The van der Waals surface area contributed by atoms with Crippen LogP contribution in [-0.2, 0) is 16.0 Å². The lowest BCUT2D eigenvalue weighted by molar-refractivity contribution is -0.137. The third-order valence-corrected chi connectivity index (χ3v) is 7.84. The number of rotatable bonds is 12. The zero-order valence-electron chi connectivity index (χ0n) is 25.7. The van der Waals surface area contributed by atoms with Crippen LogP contribution in [0.4, 0.5) is 34.1 Å². The van der Waals surface area contributed by atoms with E-state index in [2.05, 4.69) is 162 Å². The highest BCUT2D eigenvalue weighted by Gasteiger charge is 2.14. The molecule has 0 spiro atoms. The highest BCUT2D eigenvalue weighted by atomic mass is 16.5. The lowest BCUT2D eigenvalue weighted by Gasteiger charge is -2.26. The summed E-state index contributed by atoms with van der Waals surface area (Å²) < 4.78 is 5.12. The molecule has 0 saturated carbocycles. The van der Waals surface area contributed by atoms with Crippen LogP contribution in [-0.4, -0.2) is 12.6 Å². The average Bonchev–Trinajstić information content (AvgIpc) is 3.13. The Bertz CT molecular complexity index is 1800. The third kappa shape index (κ3) is 7.25. The SMILES string of the molecule is C=CC(=O)OCCCc1ccc(N(c2ccccc2)c2ccc(-c3ccc(N(c4ccccc4)c4ccccc4)cc3)cc2)cc1. The van der Waals surface area contributed by atoms with Crippen molar-refractivity contribution in [2.75, 3.05) is 16.4 Å². The fourth-order valence-electron chi connectivity index (χ4n) is 5.55. The van der Waals surface area contributed by atoms with Gasteiger partial charge >= 0.3 is 5.97 Å². The Hall–Kier alpha value is -5.87. The monoisotopic (exact) mass is 600 g/mol. The van der Waals surface area contributed by atoms with E-state index in [1.807, 2.05) is 18.2 Å². The normalized spacial score (nSPS) is 10.6. The van der Waals surface area contributed by atoms with E-state index in [9.17, 15) is 4.79 Å². The van der Waals surface area contributed by atoms with Crippen molar-refractivity contribution < 1.29 is 9.53 Å². The minimum Gasteiger partial charge on any atom is -0.463 e. The molecule has 0 unspecified atom stereocenters. The van der Waals surface area contributed by atoms with Crippen LogP contribution >= 0.6 is 0 Å². The Kier molecular flexibility index (Phi) is 9.67. The van der Waals surface area contributed by atoms with Gasteiger partial charge in [0, 0.05) is 40.2 Å². The van der Waals surface area contributed by atoms with Gasteiger partial charge in [-0.1, -0.05) is 97.6 Å². The Balaban J connectivity index is 1.22. The minimum atomic E-state index is -0.380. The molecule has 0 amide bonds. The van der Waals surface area contributed by atoms with Gasteiger partial charge in [0.1, 0.15) is 0 Å². The summed E-state index contributed by atoms with van der Waals surface area (Å²) in [6.07, 6.45) is 2.79. The number of nitrogens with zero attached hydrogens (tertiary/aromatic N) is 2. The molecule has 0 aliphatic carbocycles. The van der Waals surface area contributed by atoms with E-state index in [-0.39, 0.29) is 5.97 Å². The van der Waals surface area contributed by atoms with Crippen LogP contribution in [0.3, 0.4) is 0 Å². The first-order valence-corrected chi connectivity index (χ1v) is 15.5. The quantitative estimate of drug-likeness (QED) is 0.0795. The third-order valence-electron chi connectivity index (χ3n) is 7.84. The summed E-state index contributed by atoms with van der Waals surface area (Å²) in [6.45, 7) is 3.83. The highest BCUT2D eigenvalue weighted by Crippen LogP contribution is 2.37. The molecule has 6 rings (SSSR count). The molecule has 0 radical (unpaired) electrons. The summed E-state index contributed by atoms with van der Waals surface area (Å²) in [7, 11) is 0. The van der Waals surface area contributed by atoms with Crippen molar-refractivity contribution in [2.24, 2.45) is 0 Å². The molecule has 226 valence electrons. The molecule has 0 fully saturated rings. The number of para-hydroxylation sites is 3. The van der Waals surface area contributed by atoms with Crippen molar-refractivity contribution in [3.8, 4) is 11.1 Å². The number of aryl methyl sites for hydroxylation is 1. The number of carbonyl (C=O) groups is 1. The van der Waals surface area contributed by atoms with E-state index in [0.29, 0.717) is 6.61 Å². The Morgan fingerprint density at radius 2 is 0.848 bits per heavy atom. The summed E-state index contributed by atoms with van der Waals surface area (Å²) in [5.74, 6) is -0.380. The van der Waals surface area contributed by atoms with Gasteiger partial charge < -0.3 is 14.5 Å². The van der Waals surface area contributed by atoms with Crippen molar-refractivity contribution in [1.29, 1.82) is 0 Å². The maximum absolute atomic E-state index is 11.3. The number of carbonyl (C=O) groups excluding carboxylic acids is 1. The predicted octanol–water partition coefficient (Wildman–Crippen LogP) is 11.0. The molecule has 6 aromatic rings. The van der Waals surface area contributed by atoms with Crippen LogP contribution in [0, 0.1) is 0 Å². The molecule has 0 saturated heterocycles. The molecule has 0 atom stereocenters. The van der Waals surface area contributed by atoms with Gasteiger partial charge in [-0.3, -0.25) is 0 Å². The Morgan fingerprint density at radius 3 is 1.22 bits per heavy atom. The van der Waals surface area contributed by atoms with Gasteiger partial charge in [-0.15, -0.1) is 0 Å². The van der Waals surface area contributed by atoms with Gasteiger partial charge in [-0.25, -0.2) is 4.79 Å². The lowest BCUT2D eigenvalue weighted by atomic mass is 10.0. The first-order chi connectivity index (χ1) is 22.7. The molecule has 0 aliphatic rings. The summed E-state index contributed by atoms with van der Waals surface area (Å²) in [5.41, 5.74) is 10.1. The first kappa shape index (κ1) is 30.2. The topological polar surface area (TPSA) is 32.8 Å². The van der Waals surface area contributed by atoms with Gasteiger partial charge in [0.05, 0.1) is 6.61 Å². The number of esters is 1.